The van der Waals surface area contributed by atoms with Crippen LogP contribution >= 0.6 is 0 Å². The van der Waals surface area contributed by atoms with Gasteiger partial charge in [0.2, 0.25) is 0 Å². The smallest absolute Gasteiger partial charge is 0.260 e. The van der Waals surface area contributed by atoms with Crippen molar-refractivity contribution in [1.29, 1.82) is 0 Å². The molecule has 6 heteroatoms. The Hall–Kier alpha value is -3.02. The number of halogens is 1. The van der Waals surface area contributed by atoms with E-state index < -0.39 is 0 Å². The Kier molecular flexibility index (Phi) is 5.43. The highest BCUT2D eigenvalue weighted by atomic mass is 19.1. The lowest BCUT2D eigenvalue weighted by Gasteiger charge is -2.33. The first-order valence-electron chi connectivity index (χ1n) is 10.0. The number of hydrogen-bond donors (Lipinski definition) is 0. The standard InChI is InChI=1S/C23H24FN3O2/c1-26-15-25-21-13-18(10-11-19(21)23(26)29)22(28)27-12-4-5-16(14-27)8-9-17-6-2-3-7-20(17)24/h2-3,6-7,10-11,13,15-16H,4-5,8-9,12,14H2,1H3. The summed E-state index contributed by atoms with van der Waals surface area (Å²) in [5, 5.41) is 0.507. The van der Waals surface area contributed by atoms with Gasteiger partial charge in [0, 0.05) is 25.7 Å². The van der Waals surface area contributed by atoms with Crippen molar-refractivity contribution in [3.63, 3.8) is 0 Å². The lowest BCUT2D eigenvalue weighted by molar-refractivity contribution is 0.0668. The molecular formula is C23H24FN3O2. The van der Waals surface area contributed by atoms with Gasteiger partial charge in [0.05, 0.1) is 17.2 Å². The summed E-state index contributed by atoms with van der Waals surface area (Å²) >= 11 is 0. The van der Waals surface area contributed by atoms with E-state index in [2.05, 4.69) is 4.98 Å². The number of benzene rings is 2. The molecule has 1 aliphatic heterocycles. The van der Waals surface area contributed by atoms with E-state index >= 15 is 0 Å². The van der Waals surface area contributed by atoms with E-state index in [0.29, 0.717) is 35.3 Å². The van der Waals surface area contributed by atoms with Crippen LogP contribution in [0.1, 0.15) is 35.2 Å². The second kappa shape index (κ2) is 8.15. The van der Waals surface area contributed by atoms with Gasteiger partial charge >= 0.3 is 0 Å². The zero-order chi connectivity index (χ0) is 20.4. The summed E-state index contributed by atoms with van der Waals surface area (Å²) in [4.78, 5) is 31.3. The van der Waals surface area contributed by atoms with Gasteiger partial charge in [0.15, 0.2) is 0 Å². The predicted molar refractivity (Wildman–Crippen MR) is 110 cm³/mol. The summed E-state index contributed by atoms with van der Waals surface area (Å²) in [6, 6.07) is 12.0. The molecule has 0 N–H and O–H groups in total. The van der Waals surface area contributed by atoms with E-state index in [0.717, 1.165) is 31.4 Å². The molecule has 4 rings (SSSR count). The highest BCUT2D eigenvalue weighted by molar-refractivity contribution is 5.97. The van der Waals surface area contributed by atoms with Crippen LogP contribution in [0.3, 0.4) is 0 Å². The van der Waals surface area contributed by atoms with Crippen LogP contribution in [-0.4, -0.2) is 33.4 Å². The van der Waals surface area contributed by atoms with Crippen molar-refractivity contribution < 1.29 is 9.18 Å². The van der Waals surface area contributed by atoms with Gasteiger partial charge in [-0.15, -0.1) is 0 Å². The van der Waals surface area contributed by atoms with Crippen molar-refractivity contribution in [2.75, 3.05) is 13.1 Å². The number of carbonyl (C=O) groups is 1. The summed E-state index contributed by atoms with van der Waals surface area (Å²) in [5.74, 6) is 0.161. The molecule has 1 amide bonds. The van der Waals surface area contributed by atoms with Crippen LogP contribution in [0.5, 0.6) is 0 Å². The third-order valence-corrected chi connectivity index (χ3v) is 5.75. The third kappa shape index (κ3) is 4.06. The number of nitrogens with zero attached hydrogens (tertiary/aromatic N) is 3. The summed E-state index contributed by atoms with van der Waals surface area (Å²) in [6.45, 7) is 1.40. The molecule has 1 fully saturated rings. The monoisotopic (exact) mass is 393 g/mol. The minimum absolute atomic E-state index is 0.0371. The number of hydrogen-bond acceptors (Lipinski definition) is 3. The molecule has 0 saturated carbocycles. The Morgan fingerprint density at radius 2 is 2.07 bits per heavy atom. The van der Waals surface area contributed by atoms with E-state index in [-0.39, 0.29) is 17.3 Å². The summed E-state index contributed by atoms with van der Waals surface area (Å²) in [6.07, 6.45) is 5.01. The fourth-order valence-electron chi connectivity index (χ4n) is 4.07. The van der Waals surface area contributed by atoms with Crippen LogP contribution in [-0.2, 0) is 13.5 Å². The molecule has 1 saturated heterocycles. The van der Waals surface area contributed by atoms with Gasteiger partial charge in [0.1, 0.15) is 5.82 Å². The number of aryl methyl sites for hydroxylation is 2. The van der Waals surface area contributed by atoms with Crippen LogP contribution in [0.15, 0.2) is 53.6 Å². The first-order chi connectivity index (χ1) is 14.0. The molecule has 1 aliphatic rings. The molecule has 3 aromatic rings. The van der Waals surface area contributed by atoms with Crippen LogP contribution in [0.25, 0.3) is 10.9 Å². The van der Waals surface area contributed by atoms with E-state index in [4.69, 9.17) is 0 Å². The average Bonchev–Trinajstić information content (AvgIpc) is 2.75. The summed E-state index contributed by atoms with van der Waals surface area (Å²) in [5.41, 5.74) is 1.69. The van der Waals surface area contributed by atoms with Gasteiger partial charge in [-0.1, -0.05) is 18.2 Å². The topological polar surface area (TPSA) is 55.2 Å². The van der Waals surface area contributed by atoms with Gasteiger partial charge in [0.25, 0.3) is 11.5 Å². The fourth-order valence-corrected chi connectivity index (χ4v) is 4.07. The molecule has 2 heterocycles. The van der Waals surface area contributed by atoms with Crippen LogP contribution in [0, 0.1) is 11.7 Å². The highest BCUT2D eigenvalue weighted by Gasteiger charge is 2.25. The Balaban J connectivity index is 1.46. The number of rotatable bonds is 4. The summed E-state index contributed by atoms with van der Waals surface area (Å²) in [7, 11) is 1.66. The van der Waals surface area contributed by atoms with Crippen LogP contribution in [0.2, 0.25) is 0 Å². The number of carbonyl (C=O) groups excluding carboxylic acids is 1. The molecule has 1 atom stereocenters. The highest BCUT2D eigenvalue weighted by Crippen LogP contribution is 2.24. The fraction of sp³-hybridized carbons (Fsp3) is 0.348. The molecule has 1 unspecified atom stereocenters. The number of fused-ring (bicyclic) bond motifs is 1. The van der Waals surface area contributed by atoms with Crippen molar-refractivity contribution in [1.82, 2.24) is 14.5 Å². The number of amides is 1. The van der Waals surface area contributed by atoms with Gasteiger partial charge in [-0.25, -0.2) is 9.37 Å². The molecule has 1 aromatic heterocycles. The Morgan fingerprint density at radius 1 is 1.24 bits per heavy atom. The maximum Gasteiger partial charge on any atom is 0.260 e. The van der Waals surface area contributed by atoms with Crippen molar-refractivity contribution in [3.05, 3.63) is 76.1 Å². The Morgan fingerprint density at radius 3 is 2.90 bits per heavy atom. The first kappa shape index (κ1) is 19.3. The SMILES string of the molecule is Cn1cnc2cc(C(=O)N3CCCC(CCc4ccccc4F)C3)ccc2c1=O. The number of aromatic nitrogens is 2. The molecule has 0 bridgehead atoms. The summed E-state index contributed by atoms with van der Waals surface area (Å²) < 4.78 is 15.3. The predicted octanol–water partition coefficient (Wildman–Crippen LogP) is 3.56. The van der Waals surface area contributed by atoms with Crippen molar-refractivity contribution >= 4 is 16.8 Å². The lowest BCUT2D eigenvalue weighted by atomic mass is 9.91. The zero-order valence-corrected chi connectivity index (χ0v) is 16.5. The van der Waals surface area contributed by atoms with Crippen molar-refractivity contribution in [3.8, 4) is 0 Å². The van der Waals surface area contributed by atoms with E-state index in [1.165, 1.54) is 17.0 Å². The van der Waals surface area contributed by atoms with Gasteiger partial charge in [-0.2, -0.15) is 0 Å². The normalized spacial score (nSPS) is 16.9. The largest absolute Gasteiger partial charge is 0.338 e. The van der Waals surface area contributed by atoms with Gasteiger partial charge in [-0.05, 0) is 61.4 Å². The van der Waals surface area contributed by atoms with Gasteiger partial charge in [-0.3, -0.25) is 9.59 Å². The quantitative estimate of drug-likeness (QED) is 0.681. The molecule has 150 valence electrons. The Labute approximate surface area is 168 Å². The molecule has 0 radical (unpaired) electrons. The molecule has 0 spiro atoms. The second-order valence-corrected chi connectivity index (χ2v) is 7.78. The third-order valence-electron chi connectivity index (χ3n) is 5.75. The molecule has 2 aromatic carbocycles. The van der Waals surface area contributed by atoms with Crippen molar-refractivity contribution in [2.24, 2.45) is 13.0 Å². The van der Waals surface area contributed by atoms with Crippen molar-refractivity contribution in [2.45, 2.75) is 25.7 Å². The average molecular weight is 393 g/mol. The maximum atomic E-state index is 13.9. The van der Waals surface area contributed by atoms with E-state index in [1.54, 1.807) is 31.3 Å². The first-order valence-corrected chi connectivity index (χ1v) is 10.0. The molecule has 0 aliphatic carbocycles. The molecule has 5 nitrogen and oxygen atoms in total. The van der Waals surface area contributed by atoms with E-state index in [1.807, 2.05) is 17.0 Å². The van der Waals surface area contributed by atoms with Crippen LogP contribution in [0.4, 0.5) is 4.39 Å². The maximum absolute atomic E-state index is 13.9. The number of likely N-dealkylation sites (tertiary alicyclic amines) is 1. The molecule has 29 heavy (non-hydrogen) atoms. The molecular weight excluding hydrogens is 369 g/mol. The van der Waals surface area contributed by atoms with E-state index in [9.17, 15) is 14.0 Å². The minimum atomic E-state index is -0.161. The minimum Gasteiger partial charge on any atom is -0.338 e. The van der Waals surface area contributed by atoms with Crippen LogP contribution < -0.4 is 5.56 Å². The second-order valence-electron chi connectivity index (χ2n) is 7.78. The zero-order valence-electron chi connectivity index (χ0n) is 16.5. The Bertz CT molecular complexity index is 1110. The number of piperidine rings is 1. The van der Waals surface area contributed by atoms with Gasteiger partial charge < -0.3 is 9.47 Å². The lowest BCUT2D eigenvalue weighted by Crippen LogP contribution is -2.40.